The third kappa shape index (κ3) is 5.19. The number of benzene rings is 2. The summed E-state index contributed by atoms with van der Waals surface area (Å²) in [5.41, 5.74) is 2.60. The predicted molar refractivity (Wildman–Crippen MR) is 126 cm³/mol. The van der Waals surface area contributed by atoms with E-state index in [1.165, 1.54) is 29.7 Å². The van der Waals surface area contributed by atoms with Crippen LogP contribution < -0.4 is 4.80 Å². The van der Waals surface area contributed by atoms with Crippen LogP contribution in [0.1, 0.15) is 13.3 Å². The van der Waals surface area contributed by atoms with Gasteiger partial charge in [-0.15, -0.1) is 28.3 Å². The largest absolute Gasteiger partial charge is 0.316 e. The summed E-state index contributed by atoms with van der Waals surface area (Å²) >= 11 is 7.73. The Labute approximate surface area is 191 Å². The van der Waals surface area contributed by atoms with Crippen molar-refractivity contribution in [3.05, 3.63) is 63.7 Å². The van der Waals surface area contributed by atoms with Gasteiger partial charge in [-0.1, -0.05) is 42.8 Å². The van der Waals surface area contributed by atoms with Crippen LogP contribution in [0.4, 0.5) is 5.69 Å². The smallest absolute Gasteiger partial charge is 0.244 e. The number of hydrogen-bond acceptors (Lipinski definition) is 4. The molecule has 0 unspecified atom stereocenters. The first kappa shape index (κ1) is 23.8. The van der Waals surface area contributed by atoms with E-state index >= 15 is 0 Å². The average molecular weight is 517 g/mol. The lowest BCUT2D eigenvalue weighted by Crippen LogP contribution is -2.22. The van der Waals surface area contributed by atoms with Gasteiger partial charge in [0.2, 0.25) is 10.0 Å². The highest BCUT2D eigenvalue weighted by atomic mass is 79.9. The molecule has 0 radical (unpaired) electrons. The second-order valence-corrected chi connectivity index (χ2v) is 9.80. The number of hydrogen-bond donors (Lipinski definition) is 0. The molecule has 0 amide bonds. The van der Waals surface area contributed by atoms with Crippen LogP contribution in [0.2, 0.25) is 5.02 Å². The summed E-state index contributed by atoms with van der Waals surface area (Å²) in [6.07, 6.45) is 0.933. The zero-order chi connectivity index (χ0) is 20.3. The van der Waals surface area contributed by atoms with Gasteiger partial charge in [0.05, 0.1) is 16.4 Å². The van der Waals surface area contributed by atoms with E-state index < -0.39 is 10.0 Å². The van der Waals surface area contributed by atoms with Crippen molar-refractivity contribution >= 4 is 55.6 Å². The van der Waals surface area contributed by atoms with Crippen molar-refractivity contribution in [2.24, 2.45) is 4.99 Å². The van der Waals surface area contributed by atoms with Crippen LogP contribution in [-0.4, -0.2) is 31.4 Å². The molecule has 0 aliphatic carbocycles. The standard InChI is InChI=1S/C20H22ClN3O2S2.BrH/c1-4-12-24-18(14-27-20(24)22-16-8-6-5-7-9-16)15-10-11-17(21)19(13-15)28(25,26)23(2)3;/h5-11,13-14H,4,12H2,1-3H3;1H/b22-20+;. The predicted octanol–water partition coefficient (Wildman–Crippen LogP) is 5.34. The van der Waals surface area contributed by atoms with Gasteiger partial charge in [0.25, 0.3) is 0 Å². The minimum absolute atomic E-state index is 0. The number of aromatic nitrogens is 1. The maximum absolute atomic E-state index is 12.6. The first-order chi connectivity index (χ1) is 13.3. The molecular weight excluding hydrogens is 494 g/mol. The topological polar surface area (TPSA) is 54.7 Å². The Hall–Kier alpha value is -1.45. The lowest BCUT2D eigenvalue weighted by molar-refractivity contribution is 0.521. The third-order valence-corrected chi connectivity index (χ3v) is 7.37. The van der Waals surface area contributed by atoms with E-state index in [1.807, 2.05) is 41.8 Å². The number of sulfonamides is 1. The number of para-hydroxylation sites is 1. The molecule has 3 rings (SSSR count). The van der Waals surface area contributed by atoms with Gasteiger partial charge in [-0.05, 0) is 30.7 Å². The van der Waals surface area contributed by atoms with Gasteiger partial charge in [0, 0.05) is 31.6 Å². The quantitative estimate of drug-likeness (QED) is 0.444. The van der Waals surface area contributed by atoms with Gasteiger partial charge >= 0.3 is 0 Å². The molecule has 156 valence electrons. The Bertz CT molecular complexity index is 1140. The summed E-state index contributed by atoms with van der Waals surface area (Å²) in [5, 5.41) is 2.22. The molecule has 0 fully saturated rings. The molecule has 0 aliphatic rings. The first-order valence-electron chi connectivity index (χ1n) is 8.85. The highest BCUT2D eigenvalue weighted by Gasteiger charge is 2.22. The van der Waals surface area contributed by atoms with E-state index in [0.29, 0.717) is 0 Å². The third-order valence-electron chi connectivity index (χ3n) is 4.21. The van der Waals surface area contributed by atoms with Crippen molar-refractivity contribution < 1.29 is 8.42 Å². The Morgan fingerprint density at radius 2 is 1.83 bits per heavy atom. The molecule has 0 atom stereocenters. The highest BCUT2D eigenvalue weighted by molar-refractivity contribution is 8.93. The van der Waals surface area contributed by atoms with Crippen LogP contribution in [0.15, 0.2) is 63.8 Å². The zero-order valence-corrected chi connectivity index (χ0v) is 20.5. The van der Waals surface area contributed by atoms with Crippen LogP contribution >= 0.6 is 39.9 Å². The molecule has 1 aromatic heterocycles. The molecule has 0 saturated heterocycles. The van der Waals surface area contributed by atoms with Crippen molar-refractivity contribution in [1.29, 1.82) is 0 Å². The molecule has 0 spiro atoms. The van der Waals surface area contributed by atoms with Gasteiger partial charge in [0.1, 0.15) is 4.90 Å². The summed E-state index contributed by atoms with van der Waals surface area (Å²) in [6, 6.07) is 14.9. The van der Waals surface area contributed by atoms with E-state index in [0.717, 1.165) is 34.7 Å². The maximum Gasteiger partial charge on any atom is 0.244 e. The fraction of sp³-hybridized carbons (Fsp3) is 0.250. The fourth-order valence-electron chi connectivity index (χ4n) is 2.76. The van der Waals surface area contributed by atoms with Crippen LogP contribution in [0, 0.1) is 0 Å². The van der Waals surface area contributed by atoms with Crippen LogP contribution in [0.5, 0.6) is 0 Å². The number of halogens is 2. The van der Waals surface area contributed by atoms with Gasteiger partial charge in [0.15, 0.2) is 4.80 Å². The lowest BCUT2D eigenvalue weighted by Gasteiger charge is -2.14. The molecule has 5 nitrogen and oxygen atoms in total. The second-order valence-electron chi connectivity index (χ2n) is 6.44. The van der Waals surface area contributed by atoms with Crippen LogP contribution in [0.25, 0.3) is 11.3 Å². The van der Waals surface area contributed by atoms with E-state index in [9.17, 15) is 8.42 Å². The van der Waals surface area contributed by atoms with E-state index in [2.05, 4.69) is 11.5 Å². The maximum atomic E-state index is 12.6. The minimum Gasteiger partial charge on any atom is -0.316 e. The molecule has 1 heterocycles. The van der Waals surface area contributed by atoms with Gasteiger partial charge in [-0.25, -0.2) is 17.7 Å². The number of nitrogens with zero attached hydrogens (tertiary/aromatic N) is 3. The molecular formula is C20H23BrClN3O2S2. The van der Waals surface area contributed by atoms with E-state index in [1.54, 1.807) is 12.1 Å². The average Bonchev–Trinajstić information content (AvgIpc) is 3.05. The highest BCUT2D eigenvalue weighted by Crippen LogP contribution is 2.30. The second kappa shape index (κ2) is 10.0. The summed E-state index contributed by atoms with van der Waals surface area (Å²) in [7, 11) is -0.639. The normalized spacial score (nSPS) is 12.2. The van der Waals surface area contributed by atoms with Crippen molar-refractivity contribution in [3.8, 4) is 11.3 Å². The molecule has 0 saturated carbocycles. The van der Waals surface area contributed by atoms with Crippen LogP contribution in [0.3, 0.4) is 0 Å². The van der Waals surface area contributed by atoms with Crippen LogP contribution in [-0.2, 0) is 16.6 Å². The van der Waals surface area contributed by atoms with Gasteiger partial charge in [-0.2, -0.15) is 0 Å². The van der Waals surface area contributed by atoms with E-state index in [4.69, 9.17) is 16.6 Å². The molecule has 0 aliphatic heterocycles. The SMILES string of the molecule is Br.CCCn1c(-c2ccc(Cl)c(S(=O)(=O)N(C)C)c2)cs/c1=N/c1ccccc1. The molecule has 0 bridgehead atoms. The molecule has 0 N–H and O–H groups in total. The van der Waals surface area contributed by atoms with E-state index in [-0.39, 0.29) is 26.9 Å². The Morgan fingerprint density at radius 1 is 1.14 bits per heavy atom. The summed E-state index contributed by atoms with van der Waals surface area (Å²) in [6.45, 7) is 2.88. The lowest BCUT2D eigenvalue weighted by atomic mass is 10.1. The molecule has 29 heavy (non-hydrogen) atoms. The molecule has 3 aromatic rings. The monoisotopic (exact) mass is 515 g/mol. The van der Waals surface area contributed by atoms with Crippen molar-refractivity contribution in [2.75, 3.05) is 14.1 Å². The number of thiazole rings is 1. The first-order valence-corrected chi connectivity index (χ1v) is 11.5. The van der Waals surface area contributed by atoms with Crippen molar-refractivity contribution in [3.63, 3.8) is 0 Å². The zero-order valence-electron chi connectivity index (χ0n) is 16.4. The minimum atomic E-state index is -3.63. The van der Waals surface area contributed by atoms with Gasteiger partial charge in [-0.3, -0.25) is 0 Å². The summed E-state index contributed by atoms with van der Waals surface area (Å²) in [4.78, 5) is 5.73. The Morgan fingerprint density at radius 3 is 2.45 bits per heavy atom. The Kier molecular flexibility index (Phi) is 8.25. The summed E-state index contributed by atoms with van der Waals surface area (Å²) < 4.78 is 28.5. The molecule has 2 aromatic carbocycles. The fourth-order valence-corrected chi connectivity index (χ4v) is 5.11. The number of rotatable bonds is 6. The van der Waals surface area contributed by atoms with Crippen molar-refractivity contribution in [1.82, 2.24) is 8.87 Å². The molecule has 9 heteroatoms. The van der Waals surface area contributed by atoms with Gasteiger partial charge < -0.3 is 4.57 Å². The summed E-state index contributed by atoms with van der Waals surface area (Å²) in [5.74, 6) is 0. The Balaban J connectivity index is 0.00000300. The van der Waals surface area contributed by atoms with Crippen molar-refractivity contribution in [2.45, 2.75) is 24.8 Å².